The fourth-order valence-corrected chi connectivity index (χ4v) is 1.73. The van der Waals surface area contributed by atoms with Gasteiger partial charge in [0.2, 0.25) is 0 Å². The smallest absolute Gasteiger partial charge is 0.258 e. The minimum Gasteiger partial charge on any atom is -0.321 e. The molecule has 3 nitrogen and oxygen atoms in total. The maximum Gasteiger partial charge on any atom is 0.258 e. The predicted molar refractivity (Wildman–Crippen MR) is 70.2 cm³/mol. The Bertz CT molecular complexity index is 720. The van der Waals surface area contributed by atoms with Gasteiger partial charge >= 0.3 is 0 Å². The van der Waals surface area contributed by atoms with Crippen LogP contribution in [0.4, 0.5) is 14.5 Å². The lowest BCUT2D eigenvalue weighted by Crippen LogP contribution is -2.15. The molecule has 0 saturated carbocycles. The van der Waals surface area contributed by atoms with Crippen molar-refractivity contribution in [2.75, 3.05) is 5.32 Å². The van der Waals surface area contributed by atoms with Crippen LogP contribution in [0.25, 0.3) is 0 Å². The van der Waals surface area contributed by atoms with Crippen LogP contribution in [0.15, 0.2) is 36.4 Å². The van der Waals surface area contributed by atoms with E-state index in [0.717, 1.165) is 12.1 Å². The number of carbonyl (C=O) groups excluding carboxylic acids is 1. The van der Waals surface area contributed by atoms with Gasteiger partial charge in [-0.15, -0.1) is 0 Å². The fraction of sp³-hybridized carbons (Fsp3) is 0.0667. The van der Waals surface area contributed by atoms with E-state index in [-0.39, 0.29) is 16.8 Å². The van der Waals surface area contributed by atoms with E-state index in [1.54, 1.807) is 25.1 Å². The molecule has 0 spiro atoms. The van der Waals surface area contributed by atoms with E-state index >= 15 is 0 Å². The number of rotatable bonds is 2. The van der Waals surface area contributed by atoms with Gasteiger partial charge in [0.1, 0.15) is 17.7 Å². The molecule has 20 heavy (non-hydrogen) atoms. The SMILES string of the molecule is Cc1cccc(C(=O)Nc2ccc(F)cc2C#N)c1F. The molecule has 1 amide bonds. The van der Waals surface area contributed by atoms with E-state index in [0.29, 0.717) is 5.56 Å². The molecule has 0 atom stereocenters. The Hall–Kier alpha value is -2.74. The van der Waals surface area contributed by atoms with Crippen molar-refractivity contribution in [2.24, 2.45) is 0 Å². The molecule has 0 unspecified atom stereocenters. The maximum atomic E-state index is 13.8. The van der Waals surface area contributed by atoms with E-state index < -0.39 is 17.5 Å². The highest BCUT2D eigenvalue weighted by Gasteiger charge is 2.15. The van der Waals surface area contributed by atoms with Gasteiger partial charge in [0.05, 0.1) is 16.8 Å². The molecule has 0 aromatic heterocycles. The highest BCUT2D eigenvalue weighted by Crippen LogP contribution is 2.19. The van der Waals surface area contributed by atoms with Crippen LogP contribution in [-0.2, 0) is 0 Å². The molecule has 5 heteroatoms. The zero-order valence-electron chi connectivity index (χ0n) is 10.6. The highest BCUT2D eigenvalue weighted by molar-refractivity contribution is 6.05. The monoisotopic (exact) mass is 272 g/mol. The molecule has 2 rings (SSSR count). The van der Waals surface area contributed by atoms with E-state index in [1.807, 2.05) is 0 Å². The first-order valence-electron chi connectivity index (χ1n) is 5.79. The summed E-state index contributed by atoms with van der Waals surface area (Å²) in [4.78, 5) is 12.0. The number of carbonyl (C=O) groups is 1. The largest absolute Gasteiger partial charge is 0.321 e. The zero-order chi connectivity index (χ0) is 14.7. The molecule has 1 N–H and O–H groups in total. The van der Waals surface area contributed by atoms with Crippen molar-refractivity contribution in [3.63, 3.8) is 0 Å². The standard InChI is InChI=1S/C15H10F2N2O/c1-9-3-2-4-12(14(9)17)15(20)19-13-6-5-11(16)7-10(13)8-18/h2-7H,1H3,(H,19,20). The lowest BCUT2D eigenvalue weighted by atomic mass is 10.1. The number of halogens is 2. The van der Waals surface area contributed by atoms with Gasteiger partial charge in [-0.3, -0.25) is 4.79 Å². The van der Waals surface area contributed by atoms with Crippen molar-refractivity contribution in [2.45, 2.75) is 6.92 Å². The Morgan fingerprint density at radius 3 is 2.70 bits per heavy atom. The Balaban J connectivity index is 2.33. The maximum absolute atomic E-state index is 13.8. The van der Waals surface area contributed by atoms with Crippen molar-refractivity contribution in [3.8, 4) is 6.07 Å². The summed E-state index contributed by atoms with van der Waals surface area (Å²) in [6, 6.07) is 9.60. The average Bonchev–Trinajstić information content (AvgIpc) is 2.43. The number of nitrogens with one attached hydrogen (secondary N) is 1. The first-order chi connectivity index (χ1) is 9.52. The second kappa shape index (κ2) is 5.49. The van der Waals surface area contributed by atoms with Crippen molar-refractivity contribution in [1.82, 2.24) is 0 Å². The number of benzene rings is 2. The zero-order valence-corrected chi connectivity index (χ0v) is 10.6. The molecule has 0 aliphatic rings. The number of hydrogen-bond donors (Lipinski definition) is 1. The number of amides is 1. The molecule has 0 bridgehead atoms. The summed E-state index contributed by atoms with van der Waals surface area (Å²) in [6.45, 7) is 1.55. The molecule has 0 heterocycles. The van der Waals surface area contributed by atoms with E-state index in [1.165, 1.54) is 12.1 Å². The summed E-state index contributed by atoms with van der Waals surface area (Å²) in [5.41, 5.74) is 0.335. The van der Waals surface area contributed by atoms with Gasteiger partial charge < -0.3 is 5.32 Å². The summed E-state index contributed by atoms with van der Waals surface area (Å²) in [7, 11) is 0. The minimum absolute atomic E-state index is 0.0218. The van der Waals surface area contributed by atoms with Crippen molar-refractivity contribution in [3.05, 3.63) is 64.7 Å². The van der Waals surface area contributed by atoms with Crippen LogP contribution in [0.1, 0.15) is 21.5 Å². The number of nitriles is 1. The average molecular weight is 272 g/mol. The van der Waals surface area contributed by atoms with Gasteiger partial charge in [-0.1, -0.05) is 12.1 Å². The summed E-state index contributed by atoms with van der Waals surface area (Å²) in [5.74, 6) is -1.89. The lowest BCUT2D eigenvalue weighted by molar-refractivity contribution is 0.102. The molecule has 0 fully saturated rings. The molecule has 100 valence electrons. The van der Waals surface area contributed by atoms with Crippen LogP contribution in [0.3, 0.4) is 0 Å². The Labute approximate surface area is 114 Å². The Morgan fingerprint density at radius 2 is 2.00 bits per heavy atom. The Kier molecular flexibility index (Phi) is 3.76. The van der Waals surface area contributed by atoms with Gasteiger partial charge in [0.25, 0.3) is 5.91 Å². The molecule has 0 aliphatic carbocycles. The third-order valence-corrected chi connectivity index (χ3v) is 2.79. The number of aryl methyl sites for hydroxylation is 1. The molecule has 2 aromatic carbocycles. The van der Waals surface area contributed by atoms with Gasteiger partial charge in [-0.25, -0.2) is 8.78 Å². The van der Waals surface area contributed by atoms with Crippen LogP contribution in [0, 0.1) is 29.9 Å². The molecule has 0 aliphatic heterocycles. The first kappa shape index (κ1) is 13.7. The van der Waals surface area contributed by atoms with Crippen LogP contribution in [-0.4, -0.2) is 5.91 Å². The normalized spacial score (nSPS) is 9.90. The Morgan fingerprint density at radius 1 is 1.25 bits per heavy atom. The molecular formula is C15H10F2N2O. The molecule has 2 aromatic rings. The summed E-state index contributed by atoms with van der Waals surface area (Å²) >= 11 is 0. The molecular weight excluding hydrogens is 262 g/mol. The summed E-state index contributed by atoms with van der Waals surface area (Å²) in [6.07, 6.45) is 0. The van der Waals surface area contributed by atoms with Gasteiger partial charge in [-0.05, 0) is 36.8 Å². The van der Waals surface area contributed by atoms with Crippen LogP contribution in [0.5, 0.6) is 0 Å². The predicted octanol–water partition coefficient (Wildman–Crippen LogP) is 3.40. The second-order valence-electron chi connectivity index (χ2n) is 4.19. The highest BCUT2D eigenvalue weighted by atomic mass is 19.1. The molecule has 0 saturated heterocycles. The second-order valence-corrected chi connectivity index (χ2v) is 4.19. The van der Waals surface area contributed by atoms with Gasteiger partial charge in [-0.2, -0.15) is 5.26 Å². The summed E-state index contributed by atoms with van der Waals surface area (Å²) in [5, 5.41) is 11.3. The van der Waals surface area contributed by atoms with Crippen LogP contribution >= 0.6 is 0 Å². The lowest BCUT2D eigenvalue weighted by Gasteiger charge is -2.08. The first-order valence-corrected chi connectivity index (χ1v) is 5.79. The van der Waals surface area contributed by atoms with Crippen molar-refractivity contribution < 1.29 is 13.6 Å². The third kappa shape index (κ3) is 2.64. The quantitative estimate of drug-likeness (QED) is 0.911. The van der Waals surface area contributed by atoms with E-state index in [2.05, 4.69) is 5.32 Å². The van der Waals surface area contributed by atoms with Crippen molar-refractivity contribution in [1.29, 1.82) is 5.26 Å². The number of nitrogens with zero attached hydrogens (tertiary/aromatic N) is 1. The summed E-state index contributed by atoms with van der Waals surface area (Å²) < 4.78 is 26.8. The van der Waals surface area contributed by atoms with Gasteiger partial charge in [0.15, 0.2) is 0 Å². The van der Waals surface area contributed by atoms with Gasteiger partial charge in [0, 0.05) is 0 Å². The van der Waals surface area contributed by atoms with Crippen molar-refractivity contribution >= 4 is 11.6 Å². The van der Waals surface area contributed by atoms with E-state index in [9.17, 15) is 13.6 Å². The number of hydrogen-bond acceptors (Lipinski definition) is 2. The molecule has 0 radical (unpaired) electrons. The minimum atomic E-state index is -0.686. The van der Waals surface area contributed by atoms with E-state index in [4.69, 9.17) is 5.26 Å². The third-order valence-electron chi connectivity index (χ3n) is 2.79. The van der Waals surface area contributed by atoms with Crippen LogP contribution in [0.2, 0.25) is 0 Å². The topological polar surface area (TPSA) is 52.9 Å². The van der Waals surface area contributed by atoms with Crippen LogP contribution < -0.4 is 5.32 Å². The fourth-order valence-electron chi connectivity index (χ4n) is 1.73. The number of anilines is 1.